The Balaban J connectivity index is 1.97. The van der Waals surface area contributed by atoms with E-state index in [1.807, 2.05) is 44.2 Å². The highest BCUT2D eigenvalue weighted by Gasteiger charge is 2.46. The summed E-state index contributed by atoms with van der Waals surface area (Å²) in [6.07, 6.45) is 1.78. The molecule has 0 radical (unpaired) electrons. The van der Waals surface area contributed by atoms with Crippen LogP contribution in [0, 0.1) is 0 Å². The lowest BCUT2D eigenvalue weighted by molar-refractivity contribution is 0.0911. The zero-order valence-corrected chi connectivity index (χ0v) is 12.2. The molecule has 1 aromatic carbocycles. The smallest absolute Gasteiger partial charge is 0.214 e. The van der Waals surface area contributed by atoms with E-state index in [2.05, 4.69) is 4.72 Å². The second kappa shape index (κ2) is 5.61. The molecule has 106 valence electrons. The maximum Gasteiger partial charge on any atom is 0.214 e. The standard InChI is InChI=1S/C14H21NO3S/c1-12(2)18-10-11-19(16,17)15-14(8-9-14)13-6-4-3-5-7-13/h3-7,12,15H,8-11H2,1-2H3. The zero-order chi connectivity index (χ0) is 13.9. The minimum Gasteiger partial charge on any atom is -0.378 e. The van der Waals surface area contributed by atoms with Gasteiger partial charge < -0.3 is 4.74 Å². The Hall–Kier alpha value is -0.910. The van der Waals surface area contributed by atoms with Crippen LogP contribution in [-0.4, -0.2) is 26.9 Å². The van der Waals surface area contributed by atoms with Crippen molar-refractivity contribution < 1.29 is 13.2 Å². The van der Waals surface area contributed by atoms with Crippen LogP contribution in [0.4, 0.5) is 0 Å². The quantitative estimate of drug-likeness (QED) is 0.833. The molecule has 1 aliphatic carbocycles. The molecule has 0 spiro atoms. The maximum atomic E-state index is 12.0. The molecule has 0 amide bonds. The Morgan fingerprint density at radius 2 is 1.89 bits per heavy atom. The molecule has 1 fully saturated rings. The van der Waals surface area contributed by atoms with Gasteiger partial charge in [-0.2, -0.15) is 0 Å². The predicted molar refractivity (Wildman–Crippen MR) is 75.4 cm³/mol. The molecule has 19 heavy (non-hydrogen) atoms. The predicted octanol–water partition coefficient (Wildman–Crippen LogP) is 2.02. The van der Waals surface area contributed by atoms with Gasteiger partial charge in [-0.3, -0.25) is 0 Å². The molecular formula is C14H21NO3S. The molecule has 0 aliphatic heterocycles. The number of hydrogen-bond acceptors (Lipinski definition) is 3. The molecule has 1 saturated carbocycles. The van der Waals surface area contributed by atoms with E-state index >= 15 is 0 Å². The van der Waals surface area contributed by atoms with Gasteiger partial charge in [-0.05, 0) is 32.3 Å². The molecule has 2 rings (SSSR count). The number of sulfonamides is 1. The van der Waals surface area contributed by atoms with Crippen molar-refractivity contribution in [2.24, 2.45) is 0 Å². The minimum absolute atomic E-state index is 0.0137. The monoisotopic (exact) mass is 283 g/mol. The molecule has 0 saturated heterocycles. The second-order valence-electron chi connectivity index (χ2n) is 5.29. The number of hydrogen-bond donors (Lipinski definition) is 1. The highest BCUT2D eigenvalue weighted by Crippen LogP contribution is 2.45. The molecule has 1 N–H and O–H groups in total. The van der Waals surface area contributed by atoms with Crippen LogP contribution >= 0.6 is 0 Å². The Labute approximate surface area is 115 Å². The summed E-state index contributed by atoms with van der Waals surface area (Å²) in [6, 6.07) is 9.75. The van der Waals surface area contributed by atoms with Gasteiger partial charge >= 0.3 is 0 Å². The normalized spacial score (nSPS) is 17.6. The molecular weight excluding hydrogens is 262 g/mol. The lowest BCUT2D eigenvalue weighted by Gasteiger charge is -2.18. The van der Waals surface area contributed by atoms with Crippen molar-refractivity contribution in [2.45, 2.75) is 38.3 Å². The van der Waals surface area contributed by atoms with Crippen LogP contribution in [0.15, 0.2) is 30.3 Å². The molecule has 0 bridgehead atoms. The number of rotatable bonds is 7. The summed E-state index contributed by atoms with van der Waals surface area (Å²) in [4.78, 5) is 0. The van der Waals surface area contributed by atoms with Gasteiger partial charge in [0.05, 0.1) is 24.0 Å². The molecule has 4 nitrogen and oxygen atoms in total. The average molecular weight is 283 g/mol. The lowest BCUT2D eigenvalue weighted by atomic mass is 10.1. The molecule has 0 atom stereocenters. The van der Waals surface area contributed by atoms with Crippen LogP contribution < -0.4 is 4.72 Å². The molecule has 5 heteroatoms. The summed E-state index contributed by atoms with van der Waals surface area (Å²) in [5.74, 6) is 0.0137. The van der Waals surface area contributed by atoms with E-state index in [9.17, 15) is 8.42 Å². The summed E-state index contributed by atoms with van der Waals surface area (Å²) in [5, 5.41) is 0. The Morgan fingerprint density at radius 1 is 1.26 bits per heavy atom. The fourth-order valence-electron chi connectivity index (χ4n) is 2.07. The summed E-state index contributed by atoms with van der Waals surface area (Å²) in [6.45, 7) is 4.02. The van der Waals surface area contributed by atoms with Crippen molar-refractivity contribution in [3.8, 4) is 0 Å². The molecule has 0 heterocycles. The third-order valence-corrected chi connectivity index (χ3v) is 4.64. The van der Waals surface area contributed by atoms with Gasteiger partial charge in [0.15, 0.2) is 0 Å². The average Bonchev–Trinajstić information content (AvgIpc) is 3.09. The first-order valence-corrected chi connectivity index (χ1v) is 8.28. The van der Waals surface area contributed by atoms with Crippen LogP contribution in [0.3, 0.4) is 0 Å². The largest absolute Gasteiger partial charge is 0.378 e. The third-order valence-electron chi connectivity index (χ3n) is 3.23. The van der Waals surface area contributed by atoms with E-state index in [-0.39, 0.29) is 24.0 Å². The van der Waals surface area contributed by atoms with Gasteiger partial charge in [0, 0.05) is 0 Å². The van der Waals surface area contributed by atoms with E-state index in [1.54, 1.807) is 0 Å². The lowest BCUT2D eigenvalue weighted by Crippen LogP contribution is -2.37. The number of ether oxygens (including phenoxy) is 1. The van der Waals surface area contributed by atoms with Crippen molar-refractivity contribution in [3.63, 3.8) is 0 Å². The van der Waals surface area contributed by atoms with E-state index < -0.39 is 10.0 Å². The van der Waals surface area contributed by atoms with Crippen LogP contribution in [-0.2, 0) is 20.3 Å². The van der Waals surface area contributed by atoms with Crippen molar-refractivity contribution in [2.75, 3.05) is 12.4 Å². The SMILES string of the molecule is CC(C)OCCS(=O)(=O)NC1(c2ccccc2)CC1. The van der Waals surface area contributed by atoms with Gasteiger partial charge in [0.1, 0.15) is 0 Å². The highest BCUT2D eigenvalue weighted by atomic mass is 32.2. The first-order chi connectivity index (χ1) is 8.94. The number of nitrogens with one attached hydrogen (secondary N) is 1. The van der Waals surface area contributed by atoms with Gasteiger partial charge in [0.2, 0.25) is 10.0 Å². The number of benzene rings is 1. The molecule has 0 aromatic heterocycles. The highest BCUT2D eigenvalue weighted by molar-refractivity contribution is 7.89. The van der Waals surface area contributed by atoms with Gasteiger partial charge in [-0.15, -0.1) is 0 Å². The minimum atomic E-state index is -3.30. The summed E-state index contributed by atoms with van der Waals surface area (Å²) >= 11 is 0. The van der Waals surface area contributed by atoms with Crippen LogP contribution in [0.25, 0.3) is 0 Å². The van der Waals surface area contributed by atoms with E-state index in [0.29, 0.717) is 0 Å². The Bertz CT molecular complexity index is 507. The van der Waals surface area contributed by atoms with Crippen molar-refractivity contribution in [1.82, 2.24) is 4.72 Å². The fraction of sp³-hybridized carbons (Fsp3) is 0.571. The van der Waals surface area contributed by atoms with Crippen LogP contribution in [0.5, 0.6) is 0 Å². The molecule has 1 aliphatic rings. The van der Waals surface area contributed by atoms with E-state index in [0.717, 1.165) is 18.4 Å². The zero-order valence-electron chi connectivity index (χ0n) is 11.4. The first-order valence-electron chi connectivity index (χ1n) is 6.62. The summed E-state index contributed by atoms with van der Waals surface area (Å²) in [7, 11) is -3.30. The van der Waals surface area contributed by atoms with Crippen LogP contribution in [0.1, 0.15) is 32.3 Å². The molecule has 0 unspecified atom stereocenters. The maximum absolute atomic E-state index is 12.0. The van der Waals surface area contributed by atoms with Gasteiger partial charge in [-0.25, -0.2) is 13.1 Å². The summed E-state index contributed by atoms with van der Waals surface area (Å²) in [5.41, 5.74) is 0.668. The van der Waals surface area contributed by atoms with Gasteiger partial charge in [0.25, 0.3) is 0 Å². The van der Waals surface area contributed by atoms with E-state index in [1.165, 1.54) is 0 Å². The Morgan fingerprint density at radius 3 is 2.42 bits per heavy atom. The third kappa shape index (κ3) is 4.03. The van der Waals surface area contributed by atoms with Crippen LogP contribution in [0.2, 0.25) is 0 Å². The van der Waals surface area contributed by atoms with Crippen molar-refractivity contribution in [3.05, 3.63) is 35.9 Å². The topological polar surface area (TPSA) is 55.4 Å². The second-order valence-corrected chi connectivity index (χ2v) is 7.13. The van der Waals surface area contributed by atoms with Gasteiger partial charge in [-0.1, -0.05) is 30.3 Å². The fourth-order valence-corrected chi connectivity index (χ4v) is 3.41. The van der Waals surface area contributed by atoms with E-state index in [4.69, 9.17) is 4.74 Å². The Kier molecular flexibility index (Phi) is 4.28. The summed E-state index contributed by atoms with van der Waals surface area (Å²) < 4.78 is 32.2. The first kappa shape index (κ1) is 14.5. The van der Waals surface area contributed by atoms with Crippen molar-refractivity contribution >= 4 is 10.0 Å². The molecule has 1 aromatic rings. The van der Waals surface area contributed by atoms with Crippen molar-refractivity contribution in [1.29, 1.82) is 0 Å².